The van der Waals surface area contributed by atoms with Gasteiger partial charge in [-0.3, -0.25) is 0 Å². The van der Waals surface area contributed by atoms with Gasteiger partial charge in [-0.15, -0.1) is 13.2 Å². The van der Waals surface area contributed by atoms with Crippen molar-refractivity contribution in [3.8, 4) is 5.75 Å². The van der Waals surface area contributed by atoms with Crippen molar-refractivity contribution in [3.05, 3.63) is 35.7 Å². The molecule has 0 aliphatic heterocycles. The average molecular weight is 335 g/mol. The minimum Gasteiger partial charge on any atom is -0.444 e. The molecular formula is C15H17F4NO3. The third-order valence-electron chi connectivity index (χ3n) is 2.26. The molecule has 0 atom stereocenters. The molecule has 0 saturated carbocycles. The lowest BCUT2D eigenvalue weighted by Crippen LogP contribution is -2.32. The van der Waals surface area contributed by atoms with Crippen molar-refractivity contribution in [1.82, 2.24) is 5.32 Å². The van der Waals surface area contributed by atoms with Crippen LogP contribution >= 0.6 is 0 Å². The predicted octanol–water partition coefficient (Wildman–Crippen LogP) is 4.26. The highest BCUT2D eigenvalue weighted by atomic mass is 19.4. The molecule has 1 rings (SSSR count). The van der Waals surface area contributed by atoms with Gasteiger partial charge in [0.2, 0.25) is 0 Å². The molecule has 0 spiro atoms. The van der Waals surface area contributed by atoms with E-state index in [0.717, 1.165) is 12.1 Å². The van der Waals surface area contributed by atoms with Gasteiger partial charge in [-0.1, -0.05) is 18.2 Å². The van der Waals surface area contributed by atoms with Crippen molar-refractivity contribution in [3.63, 3.8) is 0 Å². The molecule has 1 amide bonds. The highest BCUT2D eigenvalue weighted by molar-refractivity contribution is 5.68. The number of ether oxygens (including phenoxy) is 2. The van der Waals surface area contributed by atoms with E-state index >= 15 is 0 Å². The van der Waals surface area contributed by atoms with Gasteiger partial charge in [0.15, 0.2) is 11.6 Å². The average Bonchev–Trinajstić information content (AvgIpc) is 2.34. The SMILES string of the molecule is CC(C)(C)OC(=O)NCC=Cc1ccc(OC(F)(F)F)c(F)c1. The number of nitrogens with one attached hydrogen (secondary N) is 1. The second-order valence-electron chi connectivity index (χ2n) is 5.52. The quantitative estimate of drug-likeness (QED) is 0.836. The summed E-state index contributed by atoms with van der Waals surface area (Å²) in [5.74, 6) is -2.04. The summed E-state index contributed by atoms with van der Waals surface area (Å²) in [5, 5.41) is 2.45. The number of halogens is 4. The number of carbonyl (C=O) groups excluding carboxylic acids is 1. The van der Waals surface area contributed by atoms with Crippen LogP contribution in [0.15, 0.2) is 24.3 Å². The van der Waals surface area contributed by atoms with E-state index in [1.807, 2.05) is 0 Å². The number of hydrogen-bond donors (Lipinski definition) is 1. The number of carbonyl (C=O) groups is 1. The fourth-order valence-corrected chi connectivity index (χ4v) is 1.48. The Kier molecular flexibility index (Phi) is 6.00. The lowest BCUT2D eigenvalue weighted by atomic mass is 10.2. The molecular weight excluding hydrogens is 318 g/mol. The molecule has 0 aliphatic carbocycles. The predicted molar refractivity (Wildman–Crippen MR) is 76.4 cm³/mol. The van der Waals surface area contributed by atoms with Crippen molar-refractivity contribution >= 4 is 12.2 Å². The Balaban J connectivity index is 2.55. The van der Waals surface area contributed by atoms with E-state index < -0.39 is 29.6 Å². The second-order valence-corrected chi connectivity index (χ2v) is 5.52. The lowest BCUT2D eigenvalue weighted by molar-refractivity contribution is -0.275. The van der Waals surface area contributed by atoms with Crippen LogP contribution in [0.5, 0.6) is 5.75 Å². The molecule has 0 heterocycles. The maximum Gasteiger partial charge on any atom is 0.573 e. The highest BCUT2D eigenvalue weighted by Crippen LogP contribution is 2.26. The zero-order valence-electron chi connectivity index (χ0n) is 12.8. The van der Waals surface area contributed by atoms with Crippen LogP contribution in [0, 0.1) is 5.82 Å². The smallest absolute Gasteiger partial charge is 0.444 e. The van der Waals surface area contributed by atoms with Gasteiger partial charge in [-0.25, -0.2) is 9.18 Å². The van der Waals surface area contributed by atoms with Crippen LogP contribution in [0.2, 0.25) is 0 Å². The van der Waals surface area contributed by atoms with Gasteiger partial charge in [0, 0.05) is 6.54 Å². The molecule has 0 saturated heterocycles. The fraction of sp³-hybridized carbons (Fsp3) is 0.400. The summed E-state index contributed by atoms with van der Waals surface area (Å²) in [6, 6.07) is 3.03. The highest BCUT2D eigenvalue weighted by Gasteiger charge is 2.32. The van der Waals surface area contributed by atoms with Gasteiger partial charge in [0.1, 0.15) is 5.60 Å². The first-order valence-electron chi connectivity index (χ1n) is 6.65. The summed E-state index contributed by atoms with van der Waals surface area (Å²) in [7, 11) is 0. The van der Waals surface area contributed by atoms with Crippen molar-refractivity contribution in [2.45, 2.75) is 32.7 Å². The van der Waals surface area contributed by atoms with Gasteiger partial charge in [-0.05, 0) is 38.5 Å². The van der Waals surface area contributed by atoms with Crippen LogP contribution in [0.3, 0.4) is 0 Å². The Morgan fingerprint density at radius 3 is 2.43 bits per heavy atom. The van der Waals surface area contributed by atoms with Gasteiger partial charge in [-0.2, -0.15) is 0 Å². The molecule has 1 N–H and O–H groups in total. The van der Waals surface area contributed by atoms with E-state index in [-0.39, 0.29) is 6.54 Å². The Morgan fingerprint density at radius 1 is 1.26 bits per heavy atom. The standard InChI is InChI=1S/C15H17F4NO3/c1-14(2,3)23-13(21)20-8-4-5-10-6-7-12(11(16)9-10)22-15(17,18)19/h4-7,9H,8H2,1-3H3,(H,20,21). The van der Waals surface area contributed by atoms with Gasteiger partial charge in [0.25, 0.3) is 0 Å². The summed E-state index contributed by atoms with van der Waals surface area (Å²) in [5.41, 5.74) is -0.298. The van der Waals surface area contributed by atoms with Crippen molar-refractivity contribution in [2.75, 3.05) is 6.54 Å². The van der Waals surface area contributed by atoms with Crippen LogP contribution in [0.1, 0.15) is 26.3 Å². The van der Waals surface area contributed by atoms with E-state index in [4.69, 9.17) is 4.74 Å². The summed E-state index contributed by atoms with van der Waals surface area (Å²) in [6.45, 7) is 5.28. The van der Waals surface area contributed by atoms with Gasteiger partial charge < -0.3 is 14.8 Å². The molecule has 1 aromatic rings. The molecule has 0 bridgehead atoms. The zero-order valence-corrected chi connectivity index (χ0v) is 12.8. The molecule has 23 heavy (non-hydrogen) atoms. The minimum atomic E-state index is -4.95. The van der Waals surface area contributed by atoms with Crippen LogP contribution in [0.25, 0.3) is 6.08 Å². The van der Waals surface area contributed by atoms with Crippen LogP contribution in [-0.4, -0.2) is 24.6 Å². The lowest BCUT2D eigenvalue weighted by Gasteiger charge is -2.19. The third-order valence-corrected chi connectivity index (χ3v) is 2.26. The number of hydrogen-bond acceptors (Lipinski definition) is 3. The molecule has 4 nitrogen and oxygen atoms in total. The number of alkyl carbamates (subject to hydrolysis) is 1. The minimum absolute atomic E-state index is 0.122. The van der Waals surface area contributed by atoms with Crippen LogP contribution < -0.4 is 10.1 Å². The normalized spacial score (nSPS) is 12.3. The molecule has 0 fully saturated rings. The summed E-state index contributed by atoms with van der Waals surface area (Å²) in [6.07, 6.45) is -2.61. The Morgan fingerprint density at radius 2 is 1.91 bits per heavy atom. The fourth-order valence-electron chi connectivity index (χ4n) is 1.48. The Bertz CT molecular complexity index is 577. The number of benzene rings is 1. The first kappa shape index (κ1) is 18.8. The number of amides is 1. The summed E-state index contributed by atoms with van der Waals surface area (Å²) < 4.78 is 58.0. The maximum atomic E-state index is 13.5. The Hall–Kier alpha value is -2.25. The van der Waals surface area contributed by atoms with Crippen molar-refractivity contribution < 1.29 is 31.8 Å². The molecule has 0 aliphatic rings. The van der Waals surface area contributed by atoms with Gasteiger partial charge in [0.05, 0.1) is 0 Å². The zero-order chi connectivity index (χ0) is 17.7. The molecule has 8 heteroatoms. The molecule has 0 aromatic heterocycles. The van der Waals surface area contributed by atoms with E-state index in [0.29, 0.717) is 5.56 Å². The first-order chi connectivity index (χ1) is 10.5. The third kappa shape index (κ3) is 8.08. The monoisotopic (exact) mass is 335 g/mol. The second kappa shape index (κ2) is 7.34. The molecule has 128 valence electrons. The maximum absolute atomic E-state index is 13.5. The van der Waals surface area contributed by atoms with E-state index in [1.54, 1.807) is 20.8 Å². The summed E-state index contributed by atoms with van der Waals surface area (Å²) >= 11 is 0. The molecule has 0 unspecified atom stereocenters. The largest absolute Gasteiger partial charge is 0.573 e. The Labute approximate surface area is 131 Å². The van der Waals surface area contributed by atoms with Crippen molar-refractivity contribution in [1.29, 1.82) is 0 Å². The molecule has 1 aromatic carbocycles. The van der Waals surface area contributed by atoms with E-state index in [2.05, 4.69) is 10.1 Å². The van der Waals surface area contributed by atoms with Crippen LogP contribution in [0.4, 0.5) is 22.4 Å². The number of rotatable bonds is 4. The molecule has 0 radical (unpaired) electrons. The van der Waals surface area contributed by atoms with E-state index in [9.17, 15) is 22.4 Å². The van der Waals surface area contributed by atoms with Gasteiger partial charge >= 0.3 is 12.5 Å². The van der Waals surface area contributed by atoms with Crippen LogP contribution in [-0.2, 0) is 4.74 Å². The first-order valence-corrected chi connectivity index (χ1v) is 6.65. The number of alkyl halides is 3. The van der Waals surface area contributed by atoms with E-state index in [1.165, 1.54) is 18.2 Å². The topological polar surface area (TPSA) is 47.6 Å². The van der Waals surface area contributed by atoms with Crippen molar-refractivity contribution in [2.24, 2.45) is 0 Å². The summed E-state index contributed by atoms with van der Waals surface area (Å²) in [4.78, 5) is 11.4.